The Bertz CT molecular complexity index is 777. The third-order valence-electron chi connectivity index (χ3n) is 4.50. The van der Waals surface area contributed by atoms with E-state index in [4.69, 9.17) is 0 Å². The van der Waals surface area contributed by atoms with Gasteiger partial charge in [-0.05, 0) is 5.56 Å². The summed E-state index contributed by atoms with van der Waals surface area (Å²) in [5.41, 5.74) is 0.871. The maximum atomic E-state index is 14.3. The molecule has 1 amide bonds. The van der Waals surface area contributed by atoms with E-state index >= 15 is 0 Å². The SMILES string of the molecule is O=C(c1nc2n(n1)[C@@H](c1ccccc1)C[C@H]2F)N1CCC(F)(F)C1. The van der Waals surface area contributed by atoms with Crippen LogP contribution in [0.1, 0.15) is 47.1 Å². The Kier molecular flexibility index (Phi) is 3.36. The van der Waals surface area contributed by atoms with Gasteiger partial charge >= 0.3 is 0 Å². The highest BCUT2D eigenvalue weighted by atomic mass is 19.3. The lowest BCUT2D eigenvalue weighted by Crippen LogP contribution is -2.32. The summed E-state index contributed by atoms with van der Waals surface area (Å²) in [5.74, 6) is -3.69. The first-order chi connectivity index (χ1) is 11.4. The van der Waals surface area contributed by atoms with Crippen LogP contribution in [0.2, 0.25) is 0 Å². The number of halogens is 3. The first-order valence-electron chi connectivity index (χ1n) is 7.77. The zero-order valence-electron chi connectivity index (χ0n) is 12.7. The summed E-state index contributed by atoms with van der Waals surface area (Å²) < 4.78 is 42.2. The van der Waals surface area contributed by atoms with E-state index < -0.39 is 24.5 Å². The number of amides is 1. The van der Waals surface area contributed by atoms with Crippen LogP contribution in [0.15, 0.2) is 30.3 Å². The molecule has 2 aliphatic rings. The molecular formula is C16H15F3N4O. The molecule has 0 unspecified atom stereocenters. The van der Waals surface area contributed by atoms with Gasteiger partial charge in [-0.25, -0.2) is 22.8 Å². The molecule has 1 saturated heterocycles. The molecule has 3 heterocycles. The maximum absolute atomic E-state index is 14.3. The average molecular weight is 336 g/mol. The lowest BCUT2D eigenvalue weighted by atomic mass is 10.0. The van der Waals surface area contributed by atoms with E-state index in [2.05, 4.69) is 10.1 Å². The van der Waals surface area contributed by atoms with Crippen molar-refractivity contribution >= 4 is 5.91 Å². The second-order valence-corrected chi connectivity index (χ2v) is 6.20. The van der Waals surface area contributed by atoms with Crippen molar-refractivity contribution in [2.24, 2.45) is 0 Å². The molecule has 1 fully saturated rings. The number of carbonyl (C=O) groups excluding carboxylic acids is 1. The van der Waals surface area contributed by atoms with Crippen LogP contribution in [0, 0.1) is 0 Å². The molecule has 1 aromatic carbocycles. The summed E-state index contributed by atoms with van der Waals surface area (Å²) in [6.07, 6.45) is -1.50. The highest BCUT2D eigenvalue weighted by molar-refractivity contribution is 5.90. The molecule has 0 N–H and O–H groups in total. The van der Waals surface area contributed by atoms with Gasteiger partial charge in [-0.1, -0.05) is 30.3 Å². The minimum Gasteiger partial charge on any atom is -0.330 e. The summed E-state index contributed by atoms with van der Waals surface area (Å²) >= 11 is 0. The Morgan fingerprint density at radius 1 is 1.25 bits per heavy atom. The number of benzene rings is 1. The van der Waals surface area contributed by atoms with Gasteiger partial charge in [0.05, 0.1) is 12.6 Å². The van der Waals surface area contributed by atoms with Gasteiger partial charge in [0.25, 0.3) is 11.8 Å². The molecule has 8 heteroatoms. The topological polar surface area (TPSA) is 51.0 Å². The van der Waals surface area contributed by atoms with Crippen LogP contribution in [-0.2, 0) is 0 Å². The predicted molar refractivity (Wildman–Crippen MR) is 78.5 cm³/mol. The van der Waals surface area contributed by atoms with Gasteiger partial charge in [0.2, 0.25) is 5.82 Å². The summed E-state index contributed by atoms with van der Waals surface area (Å²) in [4.78, 5) is 17.3. The van der Waals surface area contributed by atoms with Crippen LogP contribution in [0.25, 0.3) is 0 Å². The van der Waals surface area contributed by atoms with Crippen LogP contribution >= 0.6 is 0 Å². The van der Waals surface area contributed by atoms with E-state index in [9.17, 15) is 18.0 Å². The third-order valence-corrected chi connectivity index (χ3v) is 4.50. The molecular weight excluding hydrogens is 321 g/mol. The number of nitrogens with zero attached hydrogens (tertiary/aromatic N) is 4. The second kappa shape index (κ2) is 5.32. The van der Waals surface area contributed by atoms with Gasteiger partial charge in [0.15, 0.2) is 12.0 Å². The van der Waals surface area contributed by atoms with E-state index in [1.807, 2.05) is 30.3 Å². The highest BCUT2D eigenvalue weighted by Crippen LogP contribution is 2.39. The molecule has 1 aromatic heterocycles. The Labute approximate surface area is 136 Å². The van der Waals surface area contributed by atoms with Gasteiger partial charge in [-0.15, -0.1) is 5.10 Å². The van der Waals surface area contributed by atoms with Gasteiger partial charge in [0, 0.05) is 19.4 Å². The van der Waals surface area contributed by atoms with Crippen LogP contribution in [0.3, 0.4) is 0 Å². The Balaban J connectivity index is 1.63. The monoisotopic (exact) mass is 336 g/mol. The van der Waals surface area contributed by atoms with Crippen LogP contribution in [-0.4, -0.2) is 44.6 Å². The summed E-state index contributed by atoms with van der Waals surface area (Å²) in [5, 5.41) is 4.12. The van der Waals surface area contributed by atoms with Crippen molar-refractivity contribution in [2.45, 2.75) is 31.0 Å². The fourth-order valence-electron chi connectivity index (χ4n) is 3.27. The van der Waals surface area contributed by atoms with Crippen LogP contribution < -0.4 is 0 Å². The molecule has 0 radical (unpaired) electrons. The van der Waals surface area contributed by atoms with E-state index in [0.717, 1.165) is 10.5 Å². The number of aromatic nitrogens is 3. The first kappa shape index (κ1) is 15.2. The van der Waals surface area contributed by atoms with E-state index in [1.165, 1.54) is 4.68 Å². The number of rotatable bonds is 2. The Morgan fingerprint density at radius 2 is 2.00 bits per heavy atom. The first-order valence-corrected chi connectivity index (χ1v) is 7.77. The van der Waals surface area contributed by atoms with Crippen molar-refractivity contribution in [1.82, 2.24) is 19.7 Å². The van der Waals surface area contributed by atoms with Gasteiger partial charge < -0.3 is 4.90 Å². The maximum Gasteiger partial charge on any atom is 0.293 e. The molecule has 126 valence electrons. The van der Waals surface area contributed by atoms with E-state index in [-0.39, 0.29) is 37.1 Å². The number of hydrogen-bond acceptors (Lipinski definition) is 3. The third kappa shape index (κ3) is 2.46. The van der Waals surface area contributed by atoms with Gasteiger partial charge in [-0.2, -0.15) is 0 Å². The summed E-state index contributed by atoms with van der Waals surface area (Å²) in [7, 11) is 0. The van der Waals surface area contributed by atoms with Crippen molar-refractivity contribution in [3.05, 3.63) is 47.5 Å². The zero-order valence-corrected chi connectivity index (χ0v) is 12.7. The fraction of sp³-hybridized carbons (Fsp3) is 0.438. The molecule has 0 aliphatic carbocycles. The summed E-state index contributed by atoms with van der Waals surface area (Å²) in [6.45, 7) is -0.687. The lowest BCUT2D eigenvalue weighted by Gasteiger charge is -2.14. The highest BCUT2D eigenvalue weighted by Gasteiger charge is 2.43. The molecule has 2 aliphatic heterocycles. The summed E-state index contributed by atoms with van der Waals surface area (Å²) in [6, 6.07) is 8.92. The standard InChI is InChI=1S/C16H15F3N4O/c17-11-8-12(10-4-2-1-3-5-10)23-14(11)20-13(21-23)15(24)22-7-6-16(18,19)9-22/h1-5,11-12H,6-9H2/t11-,12-/m1/s1. The van der Waals surface area contributed by atoms with Gasteiger partial charge in [-0.3, -0.25) is 4.79 Å². The van der Waals surface area contributed by atoms with Crippen molar-refractivity contribution in [2.75, 3.05) is 13.1 Å². The molecule has 2 atom stereocenters. The van der Waals surface area contributed by atoms with E-state index in [1.54, 1.807) is 0 Å². The lowest BCUT2D eigenvalue weighted by molar-refractivity contribution is 0.0118. The Morgan fingerprint density at radius 3 is 2.67 bits per heavy atom. The van der Waals surface area contributed by atoms with Crippen LogP contribution in [0.4, 0.5) is 13.2 Å². The normalized spacial score (nSPS) is 25.0. The predicted octanol–water partition coefficient (Wildman–Crippen LogP) is 2.76. The smallest absolute Gasteiger partial charge is 0.293 e. The average Bonchev–Trinajstić information content (AvgIpc) is 3.23. The quantitative estimate of drug-likeness (QED) is 0.847. The molecule has 0 spiro atoms. The van der Waals surface area contributed by atoms with Crippen molar-refractivity contribution in [3.63, 3.8) is 0 Å². The van der Waals surface area contributed by atoms with Crippen LogP contribution in [0.5, 0.6) is 0 Å². The molecule has 24 heavy (non-hydrogen) atoms. The van der Waals surface area contributed by atoms with Gasteiger partial charge in [0.1, 0.15) is 0 Å². The van der Waals surface area contributed by atoms with E-state index in [0.29, 0.717) is 0 Å². The molecule has 0 bridgehead atoms. The number of alkyl halides is 3. The number of fused-ring (bicyclic) bond motifs is 1. The molecule has 5 nitrogen and oxygen atoms in total. The molecule has 4 rings (SSSR count). The van der Waals surface area contributed by atoms with Crippen molar-refractivity contribution < 1.29 is 18.0 Å². The minimum atomic E-state index is -2.88. The zero-order chi connectivity index (χ0) is 16.9. The molecule has 2 aromatic rings. The fourth-order valence-corrected chi connectivity index (χ4v) is 3.27. The number of carbonyl (C=O) groups is 1. The largest absolute Gasteiger partial charge is 0.330 e. The number of hydrogen-bond donors (Lipinski definition) is 0. The second-order valence-electron chi connectivity index (χ2n) is 6.20. The van der Waals surface area contributed by atoms with Crippen molar-refractivity contribution in [3.8, 4) is 0 Å². The van der Waals surface area contributed by atoms with Crippen molar-refractivity contribution in [1.29, 1.82) is 0 Å². The molecule has 0 saturated carbocycles. The Hall–Kier alpha value is -2.38. The number of likely N-dealkylation sites (tertiary alicyclic amines) is 1. The minimum absolute atomic E-state index is 0.0448.